The van der Waals surface area contributed by atoms with E-state index in [4.69, 9.17) is 7.85 Å². The highest BCUT2D eigenvalue weighted by Crippen LogP contribution is 2.46. The number of thiol groups is 1. The number of piperazine rings is 1. The molecule has 0 atom stereocenters. The van der Waals surface area contributed by atoms with E-state index in [0.29, 0.717) is 43.8 Å². The molecule has 11 heteroatoms. The minimum atomic E-state index is -1.07. The van der Waals surface area contributed by atoms with Crippen molar-refractivity contribution in [2.24, 2.45) is 5.10 Å². The minimum Gasteiger partial charge on any atom is -0.350 e. The molecule has 1 spiro atoms. The number of hydrazone groups is 1. The van der Waals surface area contributed by atoms with Crippen molar-refractivity contribution in [2.45, 2.75) is 25.3 Å². The molecule has 1 aliphatic heterocycles. The Balaban J connectivity index is 1.54. The summed E-state index contributed by atoms with van der Waals surface area (Å²) in [6.45, 7) is 2.88. The lowest BCUT2D eigenvalue weighted by Gasteiger charge is -2.44. The largest absolute Gasteiger partial charge is 0.350 e. The van der Waals surface area contributed by atoms with Gasteiger partial charge < -0.3 is 9.80 Å². The van der Waals surface area contributed by atoms with Crippen LogP contribution in [0.3, 0.4) is 0 Å². The number of amidine groups is 1. The van der Waals surface area contributed by atoms with Crippen molar-refractivity contribution in [1.82, 2.24) is 9.88 Å². The van der Waals surface area contributed by atoms with Gasteiger partial charge in [0, 0.05) is 38.0 Å². The molecule has 1 saturated heterocycles. The van der Waals surface area contributed by atoms with Gasteiger partial charge in [-0.05, 0) is 50.8 Å². The summed E-state index contributed by atoms with van der Waals surface area (Å²) in [6, 6.07) is 9.76. The highest BCUT2D eigenvalue weighted by Gasteiger charge is 2.53. The summed E-state index contributed by atoms with van der Waals surface area (Å²) in [6.07, 6.45) is 2.78. The third-order valence-corrected chi connectivity index (χ3v) is 6.88. The Morgan fingerprint density at radius 3 is 2.31 bits per heavy atom. The predicted molar refractivity (Wildman–Crippen MR) is 136 cm³/mol. The summed E-state index contributed by atoms with van der Waals surface area (Å²) in [4.78, 5) is 7.76. The summed E-state index contributed by atoms with van der Waals surface area (Å²) >= 11 is 4.45. The van der Waals surface area contributed by atoms with E-state index < -0.39 is 34.4 Å². The van der Waals surface area contributed by atoms with Crippen molar-refractivity contribution < 1.29 is 17.6 Å². The lowest BCUT2D eigenvalue weighted by atomic mass is 9.98. The number of rotatable bonds is 4. The van der Waals surface area contributed by atoms with E-state index in [1.165, 1.54) is 16.7 Å². The predicted octanol–water partition coefficient (Wildman–Crippen LogP) is 4.11. The van der Waals surface area contributed by atoms with Crippen LogP contribution in [0, 0.1) is 30.2 Å². The number of aromatic nitrogens is 1. The number of pyridine rings is 1. The average molecular weight is 511 g/mol. The fourth-order valence-electron chi connectivity index (χ4n) is 4.56. The maximum absolute atomic E-state index is 15.0. The second kappa shape index (κ2) is 9.35. The highest BCUT2D eigenvalue weighted by atomic mass is 32.1. The van der Waals surface area contributed by atoms with Gasteiger partial charge in [0.05, 0.1) is 16.8 Å². The van der Waals surface area contributed by atoms with E-state index in [2.05, 4.69) is 22.9 Å². The molecule has 2 aromatic carbocycles. The Kier molecular flexibility index (Phi) is 6.36. The zero-order valence-electron chi connectivity index (χ0n) is 19.4. The van der Waals surface area contributed by atoms with Gasteiger partial charge >= 0.3 is 0 Å². The van der Waals surface area contributed by atoms with Crippen LogP contribution in [0.2, 0.25) is 0 Å². The van der Waals surface area contributed by atoms with Crippen LogP contribution < -0.4 is 14.8 Å². The van der Waals surface area contributed by atoms with Crippen molar-refractivity contribution in [3.8, 4) is 0 Å². The standard InChI is InChI=1S/C25H22BF4N5S/c1-15-2-4-18(5-3-15)35(36)32-24(22-19(28)11-17(27)12-20(22)29)34-9-8-33(14-25(34)6-7-25)23-21(30)10-16(26)13-31-23/h2-5,10-13,36H,6-9,14H2,1H3/b32-24-. The molecule has 5 rings (SSSR count). The second-order valence-corrected chi connectivity index (χ2v) is 9.54. The number of aryl methyl sites for hydroxylation is 1. The van der Waals surface area contributed by atoms with E-state index >= 15 is 8.78 Å². The summed E-state index contributed by atoms with van der Waals surface area (Å²) in [5.41, 5.74) is 0.830. The molecule has 2 aliphatic rings. The monoisotopic (exact) mass is 511 g/mol. The van der Waals surface area contributed by atoms with Crippen LogP contribution in [-0.2, 0) is 0 Å². The Bertz CT molecular complexity index is 1310. The van der Waals surface area contributed by atoms with Gasteiger partial charge in [-0.2, -0.15) is 0 Å². The molecule has 2 radical (unpaired) electrons. The van der Waals surface area contributed by atoms with Crippen LogP contribution in [0.25, 0.3) is 0 Å². The maximum atomic E-state index is 15.0. The van der Waals surface area contributed by atoms with Gasteiger partial charge in [0.1, 0.15) is 25.3 Å². The number of anilines is 2. The fraction of sp³-hybridized carbons (Fsp3) is 0.280. The first-order valence-corrected chi connectivity index (χ1v) is 11.8. The zero-order chi connectivity index (χ0) is 25.6. The summed E-state index contributed by atoms with van der Waals surface area (Å²) in [5.74, 6) is -3.54. The molecule has 5 nitrogen and oxygen atoms in total. The Morgan fingerprint density at radius 2 is 1.69 bits per heavy atom. The lowest BCUT2D eigenvalue weighted by molar-refractivity contribution is 0.257. The Hall–Kier alpha value is -3.21. The van der Waals surface area contributed by atoms with Gasteiger partial charge in [-0.25, -0.2) is 27.0 Å². The van der Waals surface area contributed by atoms with E-state index in [1.807, 2.05) is 24.0 Å². The van der Waals surface area contributed by atoms with E-state index in [0.717, 1.165) is 5.56 Å². The van der Waals surface area contributed by atoms with Gasteiger partial charge in [0.15, 0.2) is 17.5 Å². The van der Waals surface area contributed by atoms with Gasteiger partial charge in [0.25, 0.3) is 0 Å². The molecule has 1 aliphatic carbocycles. The summed E-state index contributed by atoms with van der Waals surface area (Å²) < 4.78 is 59.6. The first-order valence-electron chi connectivity index (χ1n) is 11.4. The van der Waals surface area contributed by atoms with E-state index in [-0.39, 0.29) is 23.7 Å². The first kappa shape index (κ1) is 24.5. The SMILES string of the molecule is [B]c1cnc(N2CCN(/C(=N\N(S)c3ccc(C)cc3)c3c(F)cc(F)cc3F)C3(CC3)C2)c(F)c1. The fourth-order valence-corrected chi connectivity index (χ4v) is 4.78. The van der Waals surface area contributed by atoms with Crippen molar-refractivity contribution in [2.75, 3.05) is 28.9 Å². The average Bonchev–Trinajstić information content (AvgIpc) is 3.57. The van der Waals surface area contributed by atoms with Crippen LogP contribution in [0.1, 0.15) is 24.0 Å². The number of hydrogen-bond donors (Lipinski definition) is 1. The highest BCUT2D eigenvalue weighted by molar-refractivity contribution is 7.81. The van der Waals surface area contributed by atoms with Crippen LogP contribution in [-0.4, -0.2) is 48.7 Å². The molecule has 1 aromatic heterocycles. The molecule has 0 N–H and O–H groups in total. The van der Waals surface area contributed by atoms with Crippen molar-refractivity contribution in [1.29, 1.82) is 0 Å². The second-order valence-electron chi connectivity index (χ2n) is 9.16. The number of hydrogen-bond acceptors (Lipinski definition) is 5. The Labute approximate surface area is 213 Å². The molecular formula is C25H22BF4N5S. The smallest absolute Gasteiger partial charge is 0.165 e. The van der Waals surface area contributed by atoms with E-state index in [1.54, 1.807) is 17.0 Å². The maximum Gasteiger partial charge on any atom is 0.165 e. The van der Waals surface area contributed by atoms with Crippen LogP contribution in [0.15, 0.2) is 53.8 Å². The number of nitrogens with zero attached hydrogens (tertiary/aromatic N) is 5. The van der Waals surface area contributed by atoms with Crippen LogP contribution >= 0.6 is 12.8 Å². The summed E-state index contributed by atoms with van der Waals surface area (Å²) in [7, 11) is 5.64. The first-order chi connectivity index (χ1) is 17.2. The molecule has 1 saturated carbocycles. The third-order valence-electron chi connectivity index (χ3n) is 6.56. The summed E-state index contributed by atoms with van der Waals surface area (Å²) in [5, 5.41) is 4.50. The van der Waals surface area contributed by atoms with E-state index in [9.17, 15) is 8.78 Å². The minimum absolute atomic E-state index is 0.0107. The zero-order valence-corrected chi connectivity index (χ0v) is 20.3. The van der Waals surface area contributed by atoms with Crippen molar-refractivity contribution in [3.05, 3.63) is 83.1 Å². The number of benzene rings is 2. The third kappa shape index (κ3) is 4.64. The molecular weight excluding hydrogens is 489 g/mol. The van der Waals surface area contributed by atoms with Crippen molar-refractivity contribution >= 4 is 43.5 Å². The number of halogens is 4. The molecule has 2 heterocycles. The molecule has 3 aromatic rings. The Morgan fingerprint density at radius 1 is 1.03 bits per heavy atom. The van der Waals surface area contributed by atoms with Crippen LogP contribution in [0.5, 0.6) is 0 Å². The molecule has 36 heavy (non-hydrogen) atoms. The van der Waals surface area contributed by atoms with Gasteiger partial charge in [-0.3, -0.25) is 0 Å². The molecule has 184 valence electrons. The molecule has 0 amide bonds. The lowest BCUT2D eigenvalue weighted by Crippen LogP contribution is -2.58. The van der Waals surface area contributed by atoms with Crippen LogP contribution in [0.4, 0.5) is 29.1 Å². The van der Waals surface area contributed by atoms with Gasteiger partial charge in [-0.1, -0.05) is 23.2 Å². The molecule has 0 unspecified atom stereocenters. The molecule has 2 fully saturated rings. The molecule has 0 bridgehead atoms. The van der Waals surface area contributed by atoms with Crippen molar-refractivity contribution in [3.63, 3.8) is 0 Å². The van der Waals surface area contributed by atoms with Gasteiger partial charge in [0.2, 0.25) is 0 Å². The topological polar surface area (TPSA) is 35.0 Å². The normalized spacial score (nSPS) is 17.0. The van der Waals surface area contributed by atoms with Gasteiger partial charge in [-0.15, -0.1) is 5.10 Å². The quantitative estimate of drug-likeness (QED) is 0.143.